The monoisotopic (exact) mass is 441 g/mol. The molecule has 1 aliphatic heterocycles. The van der Waals surface area contributed by atoms with Crippen molar-refractivity contribution in [2.24, 2.45) is 0 Å². The van der Waals surface area contributed by atoms with Crippen LogP contribution in [-0.2, 0) is 21.5 Å². The van der Waals surface area contributed by atoms with Crippen molar-refractivity contribution in [3.63, 3.8) is 0 Å². The first-order valence-corrected chi connectivity index (χ1v) is 10.8. The van der Waals surface area contributed by atoms with Crippen LogP contribution in [0.3, 0.4) is 0 Å². The quantitative estimate of drug-likeness (QED) is 0.558. The van der Waals surface area contributed by atoms with Crippen LogP contribution < -0.4 is 10.1 Å². The topological polar surface area (TPSA) is 71.5 Å². The number of nitrogens with one attached hydrogen (secondary N) is 1. The largest absolute Gasteiger partial charge is 0.497 e. The van der Waals surface area contributed by atoms with Crippen molar-refractivity contribution in [1.82, 2.24) is 9.88 Å². The van der Waals surface area contributed by atoms with Crippen LogP contribution in [0.15, 0.2) is 78.8 Å². The van der Waals surface area contributed by atoms with Gasteiger partial charge in [0.15, 0.2) is 0 Å². The SMILES string of the molecule is COc1ccc(C2=C(Nc3ccc(C(C)(C)C)cc3)C(=O)N(Cc3cccnc3)C2=O)cc1. The van der Waals surface area contributed by atoms with Crippen molar-refractivity contribution < 1.29 is 14.3 Å². The van der Waals surface area contributed by atoms with Gasteiger partial charge in [0, 0.05) is 18.1 Å². The first-order valence-electron chi connectivity index (χ1n) is 10.8. The number of carbonyl (C=O) groups excluding carboxylic acids is 2. The number of carbonyl (C=O) groups is 2. The molecule has 0 saturated heterocycles. The first kappa shape index (κ1) is 22.3. The number of nitrogens with zero attached hydrogens (tertiary/aromatic N) is 2. The first-order chi connectivity index (χ1) is 15.8. The lowest BCUT2D eigenvalue weighted by molar-refractivity contribution is -0.137. The van der Waals surface area contributed by atoms with E-state index in [1.165, 1.54) is 10.5 Å². The molecule has 0 unspecified atom stereocenters. The third-order valence-electron chi connectivity index (χ3n) is 5.63. The van der Waals surface area contributed by atoms with Crippen molar-refractivity contribution in [2.45, 2.75) is 32.7 Å². The zero-order valence-corrected chi connectivity index (χ0v) is 19.3. The lowest BCUT2D eigenvalue weighted by Crippen LogP contribution is -2.32. The van der Waals surface area contributed by atoms with Crippen LogP contribution in [0.5, 0.6) is 5.75 Å². The van der Waals surface area contributed by atoms with E-state index < -0.39 is 0 Å². The Morgan fingerprint density at radius 1 is 0.939 bits per heavy atom. The van der Waals surface area contributed by atoms with Gasteiger partial charge in [-0.15, -0.1) is 0 Å². The van der Waals surface area contributed by atoms with E-state index in [-0.39, 0.29) is 29.5 Å². The second kappa shape index (κ2) is 8.90. The molecule has 2 aromatic carbocycles. The smallest absolute Gasteiger partial charge is 0.278 e. The van der Waals surface area contributed by atoms with E-state index in [9.17, 15) is 9.59 Å². The molecule has 0 atom stereocenters. The molecule has 0 saturated carbocycles. The second-order valence-corrected chi connectivity index (χ2v) is 8.99. The molecule has 0 aliphatic carbocycles. The Bertz CT molecular complexity index is 1190. The minimum atomic E-state index is -0.366. The van der Waals surface area contributed by atoms with E-state index in [0.717, 1.165) is 11.3 Å². The maximum absolute atomic E-state index is 13.4. The average Bonchev–Trinajstić information content (AvgIpc) is 3.04. The zero-order valence-electron chi connectivity index (χ0n) is 19.3. The van der Waals surface area contributed by atoms with Gasteiger partial charge in [-0.2, -0.15) is 0 Å². The van der Waals surface area contributed by atoms with Crippen LogP contribution in [0.4, 0.5) is 5.69 Å². The van der Waals surface area contributed by atoms with Gasteiger partial charge in [0.2, 0.25) is 0 Å². The number of imide groups is 1. The maximum Gasteiger partial charge on any atom is 0.278 e. The van der Waals surface area contributed by atoms with Crippen LogP contribution in [0, 0.1) is 0 Å². The summed E-state index contributed by atoms with van der Waals surface area (Å²) < 4.78 is 5.24. The number of aromatic nitrogens is 1. The molecular formula is C27H27N3O3. The molecule has 1 N–H and O–H groups in total. The van der Waals surface area contributed by atoms with Crippen molar-refractivity contribution in [2.75, 3.05) is 12.4 Å². The fourth-order valence-corrected chi connectivity index (χ4v) is 3.73. The highest BCUT2D eigenvalue weighted by atomic mass is 16.5. The van der Waals surface area contributed by atoms with Crippen molar-refractivity contribution in [3.8, 4) is 5.75 Å². The lowest BCUT2D eigenvalue weighted by Gasteiger charge is -2.19. The highest BCUT2D eigenvalue weighted by Crippen LogP contribution is 2.33. The number of pyridine rings is 1. The van der Waals surface area contributed by atoms with Crippen LogP contribution in [0.1, 0.15) is 37.5 Å². The summed E-state index contributed by atoms with van der Waals surface area (Å²) in [6.07, 6.45) is 3.32. The maximum atomic E-state index is 13.4. The van der Waals surface area contributed by atoms with E-state index in [0.29, 0.717) is 16.9 Å². The molecule has 4 rings (SSSR count). The molecule has 2 heterocycles. The van der Waals surface area contributed by atoms with Gasteiger partial charge < -0.3 is 10.1 Å². The highest BCUT2D eigenvalue weighted by Gasteiger charge is 2.39. The number of hydrogen-bond acceptors (Lipinski definition) is 5. The molecule has 33 heavy (non-hydrogen) atoms. The standard InChI is InChI=1S/C27H27N3O3/c1-27(2,3)20-9-11-21(12-10-20)29-24-23(19-7-13-22(33-4)14-8-19)25(31)30(26(24)32)17-18-6-5-15-28-16-18/h5-16,29H,17H2,1-4H3. The highest BCUT2D eigenvalue weighted by molar-refractivity contribution is 6.36. The van der Waals surface area contributed by atoms with E-state index in [1.54, 1.807) is 49.8 Å². The number of methoxy groups -OCH3 is 1. The predicted molar refractivity (Wildman–Crippen MR) is 128 cm³/mol. The number of rotatable bonds is 6. The Labute approximate surface area is 193 Å². The summed E-state index contributed by atoms with van der Waals surface area (Å²) in [5.41, 5.74) is 3.98. The normalized spacial score (nSPS) is 14.1. The van der Waals surface area contributed by atoms with E-state index in [1.807, 2.05) is 30.3 Å². The Morgan fingerprint density at radius 3 is 2.21 bits per heavy atom. The second-order valence-electron chi connectivity index (χ2n) is 8.99. The van der Waals surface area contributed by atoms with Crippen LogP contribution in [-0.4, -0.2) is 28.8 Å². The Kier molecular flexibility index (Phi) is 6.01. The van der Waals surface area contributed by atoms with Gasteiger partial charge in [0.25, 0.3) is 11.8 Å². The third kappa shape index (κ3) is 4.65. The summed E-state index contributed by atoms with van der Waals surface area (Å²) in [6.45, 7) is 6.60. The molecule has 6 nitrogen and oxygen atoms in total. The van der Waals surface area contributed by atoms with Crippen LogP contribution in [0.2, 0.25) is 0 Å². The van der Waals surface area contributed by atoms with Gasteiger partial charge >= 0.3 is 0 Å². The summed E-state index contributed by atoms with van der Waals surface area (Å²) >= 11 is 0. The minimum Gasteiger partial charge on any atom is -0.497 e. The molecule has 6 heteroatoms. The predicted octanol–water partition coefficient (Wildman–Crippen LogP) is 4.78. The van der Waals surface area contributed by atoms with Gasteiger partial charge in [0.05, 0.1) is 19.2 Å². The molecule has 1 aliphatic rings. The Morgan fingerprint density at radius 2 is 1.64 bits per heavy atom. The summed E-state index contributed by atoms with van der Waals surface area (Å²) in [6, 6.07) is 18.7. The Balaban J connectivity index is 1.71. The molecule has 3 aromatic rings. The lowest BCUT2D eigenvalue weighted by atomic mass is 9.87. The number of benzene rings is 2. The molecule has 0 bridgehead atoms. The van der Waals surface area contributed by atoms with E-state index in [4.69, 9.17) is 4.74 Å². The molecule has 0 fully saturated rings. The van der Waals surface area contributed by atoms with Gasteiger partial charge in [-0.25, -0.2) is 0 Å². The van der Waals surface area contributed by atoms with Gasteiger partial charge in [-0.3, -0.25) is 19.5 Å². The van der Waals surface area contributed by atoms with Crippen molar-refractivity contribution >= 4 is 23.1 Å². The fourth-order valence-electron chi connectivity index (χ4n) is 3.73. The summed E-state index contributed by atoms with van der Waals surface area (Å²) in [5.74, 6) is -0.0342. The zero-order chi connectivity index (χ0) is 23.6. The van der Waals surface area contributed by atoms with Crippen molar-refractivity contribution in [1.29, 1.82) is 0 Å². The van der Waals surface area contributed by atoms with Crippen LogP contribution >= 0.6 is 0 Å². The van der Waals surface area contributed by atoms with E-state index in [2.05, 4.69) is 31.1 Å². The summed E-state index contributed by atoms with van der Waals surface area (Å²) in [5, 5.41) is 3.21. The number of amides is 2. The van der Waals surface area contributed by atoms with Gasteiger partial charge in [-0.05, 0) is 52.4 Å². The number of ether oxygens (including phenoxy) is 1. The fraction of sp³-hybridized carbons (Fsp3) is 0.222. The van der Waals surface area contributed by atoms with Crippen LogP contribution in [0.25, 0.3) is 5.57 Å². The number of hydrogen-bond donors (Lipinski definition) is 1. The average molecular weight is 442 g/mol. The third-order valence-corrected chi connectivity index (χ3v) is 5.63. The summed E-state index contributed by atoms with van der Waals surface area (Å²) in [7, 11) is 1.59. The van der Waals surface area contributed by atoms with E-state index >= 15 is 0 Å². The Hall–Kier alpha value is -3.93. The number of anilines is 1. The molecule has 0 radical (unpaired) electrons. The molecule has 1 aromatic heterocycles. The molecular weight excluding hydrogens is 414 g/mol. The minimum absolute atomic E-state index is 0.0196. The molecule has 2 amide bonds. The molecule has 0 spiro atoms. The molecule has 168 valence electrons. The summed E-state index contributed by atoms with van der Waals surface area (Å²) in [4.78, 5) is 32.2. The van der Waals surface area contributed by atoms with Gasteiger partial charge in [-0.1, -0.05) is 51.1 Å². The van der Waals surface area contributed by atoms with Crippen molar-refractivity contribution in [3.05, 3.63) is 95.4 Å². The van der Waals surface area contributed by atoms with Gasteiger partial charge in [0.1, 0.15) is 11.4 Å².